The Labute approximate surface area is 104 Å². The third kappa shape index (κ3) is 4.13. The van der Waals surface area contributed by atoms with E-state index in [4.69, 9.17) is 0 Å². The van der Waals surface area contributed by atoms with Crippen LogP contribution in [0.1, 0.15) is 43.4 Å². The van der Waals surface area contributed by atoms with Gasteiger partial charge in [0.2, 0.25) is 10.0 Å². The molecule has 0 saturated heterocycles. The van der Waals surface area contributed by atoms with Gasteiger partial charge < -0.3 is 0 Å². The third-order valence-corrected chi connectivity index (χ3v) is 4.25. The highest BCUT2D eigenvalue weighted by Gasteiger charge is 2.08. The summed E-state index contributed by atoms with van der Waals surface area (Å²) in [6.45, 7) is 8.28. The van der Waals surface area contributed by atoms with Gasteiger partial charge in [-0.05, 0) is 36.5 Å². The summed E-state index contributed by atoms with van der Waals surface area (Å²) in [7, 11) is -3.12. The summed E-state index contributed by atoms with van der Waals surface area (Å²) < 4.78 is 25.4. The number of aryl methyl sites for hydroxylation is 1. The Morgan fingerprint density at radius 1 is 1.29 bits per heavy atom. The summed E-state index contributed by atoms with van der Waals surface area (Å²) in [5.74, 6) is 0.577. The second-order valence-corrected chi connectivity index (χ2v) is 6.66. The zero-order valence-corrected chi connectivity index (χ0v) is 11.8. The van der Waals surface area contributed by atoms with Gasteiger partial charge in [0, 0.05) is 6.54 Å². The molecule has 1 N–H and O–H groups in total. The largest absolute Gasteiger partial charge is 0.212 e. The van der Waals surface area contributed by atoms with Crippen molar-refractivity contribution < 1.29 is 8.42 Å². The van der Waals surface area contributed by atoms with E-state index in [0.717, 1.165) is 11.1 Å². The molecule has 0 aromatic heterocycles. The number of sulfonamides is 1. The third-order valence-electron chi connectivity index (χ3n) is 2.90. The highest BCUT2D eigenvalue weighted by atomic mass is 32.2. The van der Waals surface area contributed by atoms with E-state index >= 15 is 0 Å². The minimum absolute atomic E-state index is 0.121. The number of nitrogens with one attached hydrogen (secondary N) is 1. The lowest BCUT2D eigenvalue weighted by Crippen LogP contribution is -2.25. The highest BCUT2D eigenvalue weighted by Crippen LogP contribution is 2.18. The Hall–Kier alpha value is -0.870. The molecule has 0 spiro atoms. The minimum Gasteiger partial charge on any atom is -0.212 e. The van der Waals surface area contributed by atoms with Gasteiger partial charge in [-0.2, -0.15) is 0 Å². The van der Waals surface area contributed by atoms with Crippen LogP contribution in [-0.2, 0) is 16.6 Å². The molecule has 0 unspecified atom stereocenters. The van der Waals surface area contributed by atoms with Crippen molar-refractivity contribution in [2.45, 2.75) is 40.2 Å². The second-order valence-electron chi connectivity index (χ2n) is 4.57. The van der Waals surface area contributed by atoms with E-state index in [9.17, 15) is 8.42 Å². The van der Waals surface area contributed by atoms with Gasteiger partial charge in [-0.15, -0.1) is 0 Å². The maximum atomic E-state index is 11.4. The zero-order chi connectivity index (χ0) is 13.1. The Morgan fingerprint density at radius 3 is 2.47 bits per heavy atom. The lowest BCUT2D eigenvalue weighted by Gasteiger charge is -2.12. The first-order chi connectivity index (χ1) is 7.85. The van der Waals surface area contributed by atoms with Crippen LogP contribution in [0.2, 0.25) is 0 Å². The van der Waals surface area contributed by atoms with E-state index in [1.807, 2.05) is 13.0 Å². The molecule has 0 aliphatic rings. The zero-order valence-electron chi connectivity index (χ0n) is 10.9. The van der Waals surface area contributed by atoms with Gasteiger partial charge in [-0.1, -0.05) is 32.0 Å². The highest BCUT2D eigenvalue weighted by molar-refractivity contribution is 7.89. The Morgan fingerprint density at radius 2 is 1.94 bits per heavy atom. The normalized spacial score (nSPS) is 12.1. The van der Waals surface area contributed by atoms with Crippen LogP contribution in [0, 0.1) is 6.92 Å². The van der Waals surface area contributed by atoms with Gasteiger partial charge in [-0.3, -0.25) is 0 Å². The molecule has 1 rings (SSSR count). The van der Waals surface area contributed by atoms with Crippen LogP contribution in [-0.4, -0.2) is 14.2 Å². The van der Waals surface area contributed by atoms with Crippen LogP contribution in [0.5, 0.6) is 0 Å². The first-order valence-corrected chi connectivity index (χ1v) is 7.57. The molecule has 0 radical (unpaired) electrons. The van der Waals surface area contributed by atoms with Crippen LogP contribution in [0.25, 0.3) is 0 Å². The van der Waals surface area contributed by atoms with Crippen molar-refractivity contribution >= 4 is 10.0 Å². The fourth-order valence-electron chi connectivity index (χ4n) is 1.53. The first kappa shape index (κ1) is 14.2. The minimum atomic E-state index is -3.12. The summed E-state index contributed by atoms with van der Waals surface area (Å²) >= 11 is 0. The summed E-state index contributed by atoms with van der Waals surface area (Å²) in [4.78, 5) is 0. The molecule has 4 heteroatoms. The van der Waals surface area contributed by atoms with E-state index in [0.29, 0.717) is 12.5 Å². The topological polar surface area (TPSA) is 46.2 Å². The van der Waals surface area contributed by atoms with Crippen molar-refractivity contribution in [1.29, 1.82) is 0 Å². The molecular weight excluding hydrogens is 234 g/mol. The number of benzene rings is 1. The van der Waals surface area contributed by atoms with E-state index in [2.05, 4.69) is 30.7 Å². The quantitative estimate of drug-likeness (QED) is 0.879. The molecule has 3 nitrogen and oxygen atoms in total. The van der Waals surface area contributed by atoms with Gasteiger partial charge >= 0.3 is 0 Å². The van der Waals surface area contributed by atoms with Crippen molar-refractivity contribution in [1.82, 2.24) is 4.72 Å². The molecule has 0 atom stereocenters. The van der Waals surface area contributed by atoms with Crippen molar-refractivity contribution in [2.24, 2.45) is 0 Å². The Balaban J connectivity index is 2.87. The number of hydrogen-bond acceptors (Lipinski definition) is 2. The fourth-order valence-corrected chi connectivity index (χ4v) is 2.11. The first-order valence-electron chi connectivity index (χ1n) is 5.92. The molecule has 17 heavy (non-hydrogen) atoms. The second kappa shape index (κ2) is 5.65. The van der Waals surface area contributed by atoms with Crippen LogP contribution in [0.15, 0.2) is 18.2 Å². The predicted molar refractivity (Wildman–Crippen MR) is 71.6 cm³/mol. The summed E-state index contributed by atoms with van der Waals surface area (Å²) in [5, 5.41) is 0. The average Bonchev–Trinajstić information content (AvgIpc) is 2.27. The van der Waals surface area contributed by atoms with E-state index in [1.54, 1.807) is 6.92 Å². The van der Waals surface area contributed by atoms with Crippen molar-refractivity contribution in [3.8, 4) is 0 Å². The van der Waals surface area contributed by atoms with Crippen molar-refractivity contribution in [2.75, 3.05) is 5.75 Å². The lowest BCUT2D eigenvalue weighted by atomic mass is 9.98. The molecule has 0 saturated carbocycles. The lowest BCUT2D eigenvalue weighted by molar-refractivity contribution is 0.582. The summed E-state index contributed by atoms with van der Waals surface area (Å²) in [6.07, 6.45) is 0. The van der Waals surface area contributed by atoms with Crippen LogP contribution in [0.4, 0.5) is 0 Å². The standard InChI is InChI=1S/C13H21NO2S/c1-5-17(15,16)14-9-13-8-12(10(2)3)7-6-11(13)4/h6-8,10,14H,5,9H2,1-4H3. The predicted octanol–water partition coefficient (Wildman–Crippen LogP) is 2.56. The Kier molecular flexibility index (Phi) is 4.71. The maximum Gasteiger partial charge on any atom is 0.211 e. The van der Waals surface area contributed by atoms with E-state index in [1.165, 1.54) is 5.56 Å². The smallest absolute Gasteiger partial charge is 0.211 e. The number of hydrogen-bond donors (Lipinski definition) is 1. The van der Waals surface area contributed by atoms with Gasteiger partial charge in [0.1, 0.15) is 0 Å². The van der Waals surface area contributed by atoms with Gasteiger partial charge in [0.05, 0.1) is 5.75 Å². The van der Waals surface area contributed by atoms with E-state index in [-0.39, 0.29) is 5.75 Å². The average molecular weight is 255 g/mol. The fraction of sp³-hybridized carbons (Fsp3) is 0.538. The van der Waals surface area contributed by atoms with Gasteiger partial charge in [0.25, 0.3) is 0 Å². The maximum absolute atomic E-state index is 11.4. The number of rotatable bonds is 5. The molecule has 0 aliphatic heterocycles. The van der Waals surface area contributed by atoms with E-state index < -0.39 is 10.0 Å². The Bertz CT molecular complexity index is 478. The van der Waals surface area contributed by atoms with Crippen molar-refractivity contribution in [3.05, 3.63) is 34.9 Å². The summed E-state index contributed by atoms with van der Waals surface area (Å²) in [6, 6.07) is 6.22. The summed E-state index contributed by atoms with van der Waals surface area (Å²) in [5.41, 5.74) is 3.41. The van der Waals surface area contributed by atoms with Gasteiger partial charge in [-0.25, -0.2) is 13.1 Å². The van der Waals surface area contributed by atoms with Gasteiger partial charge in [0.15, 0.2) is 0 Å². The molecular formula is C13H21NO2S. The SMILES string of the molecule is CCS(=O)(=O)NCc1cc(C(C)C)ccc1C. The molecule has 0 heterocycles. The molecule has 0 bridgehead atoms. The molecule has 0 fully saturated rings. The molecule has 1 aromatic carbocycles. The molecule has 0 aliphatic carbocycles. The van der Waals surface area contributed by atoms with Crippen molar-refractivity contribution in [3.63, 3.8) is 0 Å². The molecule has 0 amide bonds. The van der Waals surface area contributed by atoms with Crippen LogP contribution in [0.3, 0.4) is 0 Å². The molecule has 96 valence electrons. The monoisotopic (exact) mass is 255 g/mol. The van der Waals surface area contributed by atoms with Crippen LogP contribution < -0.4 is 4.72 Å². The molecule has 1 aromatic rings. The van der Waals surface area contributed by atoms with Crippen LogP contribution >= 0.6 is 0 Å².